The largest absolute Gasteiger partial charge is 0.477 e. The summed E-state index contributed by atoms with van der Waals surface area (Å²) in [5.74, 6) is -2.03. The van der Waals surface area contributed by atoms with E-state index in [9.17, 15) is 19.5 Å². The van der Waals surface area contributed by atoms with Crippen LogP contribution in [0.5, 0.6) is 0 Å². The van der Waals surface area contributed by atoms with E-state index >= 15 is 0 Å². The number of nitrogens with one attached hydrogen (secondary N) is 1. The van der Waals surface area contributed by atoms with Crippen LogP contribution >= 0.6 is 35.1 Å². The van der Waals surface area contributed by atoms with Crippen LogP contribution in [0.25, 0.3) is 0 Å². The maximum absolute atomic E-state index is 13.1. The second-order valence-corrected chi connectivity index (χ2v) is 10.9. The number of aryl methyl sites for hydroxylation is 1. The van der Waals surface area contributed by atoms with Crippen molar-refractivity contribution in [3.05, 3.63) is 17.1 Å². The third-order valence-corrected chi connectivity index (χ3v) is 8.37. The number of hydrogen-bond acceptors (Lipinski definition) is 16. The number of amides is 2. The molecule has 1 saturated heterocycles. The van der Waals surface area contributed by atoms with Crippen LogP contribution in [0.4, 0.5) is 5.13 Å². The number of anilines is 1. The highest BCUT2D eigenvalue weighted by Gasteiger charge is 2.54. The topological polar surface area (TPSA) is 256 Å². The number of hydrogen-bond donors (Lipinski definition) is 5. The number of carbonyl (C=O) groups is 3. The number of fused-ring (bicyclic) bond motifs is 1. The van der Waals surface area contributed by atoms with E-state index in [1.165, 1.54) is 28.4 Å². The molecule has 0 radical (unpaired) electrons. The highest BCUT2D eigenvalue weighted by atomic mass is 32.2. The van der Waals surface area contributed by atoms with Gasteiger partial charge in [-0.05, 0) is 41.9 Å². The summed E-state index contributed by atoms with van der Waals surface area (Å²) in [6.45, 7) is 1.55. The van der Waals surface area contributed by atoms with Crippen molar-refractivity contribution in [2.45, 2.75) is 36.0 Å². The number of aliphatic carboxylic acids is 1. The number of nitrogens with zero attached hydrogens (tertiary/aromatic N) is 8. The minimum absolute atomic E-state index is 0.0538. The van der Waals surface area contributed by atoms with Gasteiger partial charge in [-0.2, -0.15) is 9.36 Å². The Balaban J connectivity index is 1.46. The normalized spacial score (nSPS) is 19.1. The lowest BCUT2D eigenvalue weighted by Gasteiger charge is -2.49. The molecule has 2 aromatic rings. The first kappa shape index (κ1) is 28.7. The minimum Gasteiger partial charge on any atom is -0.477 e. The molecular weight excluding hydrogens is 572 g/mol. The first-order valence-corrected chi connectivity index (χ1v) is 14.5. The van der Waals surface area contributed by atoms with Gasteiger partial charge >= 0.3 is 5.97 Å². The molecule has 2 atom stereocenters. The van der Waals surface area contributed by atoms with Crippen molar-refractivity contribution in [3.8, 4) is 0 Å². The number of carbonyl (C=O) groups excluding carboxylic acids is 2. The monoisotopic (exact) mass is 598 g/mol. The maximum atomic E-state index is 13.1. The summed E-state index contributed by atoms with van der Waals surface area (Å²) in [5, 5.41) is 28.0. The molecule has 2 aliphatic rings. The number of nitrogen functional groups attached to an aromatic ring is 1. The van der Waals surface area contributed by atoms with Crippen LogP contribution in [0, 0.1) is 0 Å². The van der Waals surface area contributed by atoms with Crippen LogP contribution in [-0.2, 0) is 25.8 Å². The Hall–Kier alpha value is -3.33. The fourth-order valence-corrected chi connectivity index (χ4v) is 6.43. The standard InChI is InChI=1S/C19H26N12O5S3/c20-3-1-5-30-19(25-28-29-30)38-8-9-7-37-16-11(15(33)31(16)12(9)17(34)35)23-14(32)10(26-36-6-2-4-21)13-24-18(22)39-27-13/h11,16H,1-8,20-21H2,(H,23,32)(H,34,35)(H2,22,24,27)/t11?,16-/m0/s1. The first-order chi connectivity index (χ1) is 18.8. The van der Waals surface area contributed by atoms with E-state index in [1.54, 1.807) is 4.68 Å². The van der Waals surface area contributed by atoms with E-state index in [-0.39, 0.29) is 34.7 Å². The molecular formula is C19H26N12O5S3. The highest BCUT2D eigenvalue weighted by Crippen LogP contribution is 2.41. The number of tetrazole rings is 1. The lowest BCUT2D eigenvalue weighted by molar-refractivity contribution is -0.150. The van der Waals surface area contributed by atoms with Crippen LogP contribution < -0.4 is 22.5 Å². The molecule has 0 aliphatic carbocycles. The van der Waals surface area contributed by atoms with E-state index in [0.717, 1.165) is 11.5 Å². The third kappa shape index (κ3) is 6.46. The van der Waals surface area contributed by atoms with E-state index in [2.05, 4.69) is 35.4 Å². The molecule has 2 amide bonds. The average Bonchev–Trinajstić information content (AvgIpc) is 3.56. The molecule has 4 heterocycles. The summed E-state index contributed by atoms with van der Waals surface area (Å²) in [4.78, 5) is 48.6. The van der Waals surface area contributed by atoms with Gasteiger partial charge in [0.25, 0.3) is 11.8 Å². The second-order valence-electron chi connectivity index (χ2n) is 8.11. The number of carboxylic acid groups (broad SMARTS) is 1. The summed E-state index contributed by atoms with van der Waals surface area (Å²) in [7, 11) is 0. The molecule has 20 heteroatoms. The first-order valence-electron chi connectivity index (χ1n) is 11.6. The molecule has 0 spiro atoms. The van der Waals surface area contributed by atoms with Crippen molar-refractivity contribution < 1.29 is 24.3 Å². The number of oxime groups is 1. The zero-order chi connectivity index (χ0) is 27.9. The van der Waals surface area contributed by atoms with Crippen molar-refractivity contribution in [1.82, 2.24) is 39.8 Å². The Morgan fingerprint density at radius 3 is 2.77 bits per heavy atom. The molecule has 0 bridgehead atoms. The predicted molar refractivity (Wildman–Crippen MR) is 142 cm³/mol. The van der Waals surface area contributed by atoms with Gasteiger partial charge in [0.2, 0.25) is 16.7 Å². The van der Waals surface area contributed by atoms with Crippen LogP contribution in [0.1, 0.15) is 18.7 Å². The number of rotatable bonds is 14. The molecule has 2 aromatic heterocycles. The minimum atomic E-state index is -1.24. The summed E-state index contributed by atoms with van der Waals surface area (Å²) in [6.07, 6.45) is 1.19. The summed E-state index contributed by atoms with van der Waals surface area (Å²) >= 11 is 3.48. The zero-order valence-electron chi connectivity index (χ0n) is 20.4. The number of aromatic nitrogens is 6. The van der Waals surface area contributed by atoms with Gasteiger partial charge in [-0.3, -0.25) is 14.5 Å². The van der Waals surface area contributed by atoms with Gasteiger partial charge in [0.1, 0.15) is 23.7 Å². The van der Waals surface area contributed by atoms with Crippen molar-refractivity contribution in [2.75, 3.05) is 36.9 Å². The molecule has 210 valence electrons. The van der Waals surface area contributed by atoms with Gasteiger partial charge in [0.15, 0.2) is 5.13 Å². The summed E-state index contributed by atoms with van der Waals surface area (Å²) < 4.78 is 5.59. The molecule has 17 nitrogen and oxygen atoms in total. The molecule has 2 aliphatic heterocycles. The lowest BCUT2D eigenvalue weighted by Crippen LogP contribution is -2.71. The number of β-lactam (4-membered cyclic amide) rings is 1. The molecule has 4 rings (SSSR count). The average molecular weight is 599 g/mol. The highest BCUT2D eigenvalue weighted by molar-refractivity contribution is 8.01. The smallest absolute Gasteiger partial charge is 0.352 e. The van der Waals surface area contributed by atoms with Gasteiger partial charge in [0, 0.05) is 29.6 Å². The van der Waals surface area contributed by atoms with E-state index in [0.29, 0.717) is 49.0 Å². The maximum Gasteiger partial charge on any atom is 0.352 e. The van der Waals surface area contributed by atoms with Crippen molar-refractivity contribution in [1.29, 1.82) is 0 Å². The van der Waals surface area contributed by atoms with Crippen LogP contribution in [0.2, 0.25) is 0 Å². The molecule has 0 aromatic carbocycles. The fraction of sp³-hybridized carbons (Fsp3) is 0.526. The number of carboxylic acids is 1. The van der Waals surface area contributed by atoms with Gasteiger partial charge in [-0.15, -0.1) is 16.9 Å². The van der Waals surface area contributed by atoms with E-state index < -0.39 is 29.2 Å². The summed E-state index contributed by atoms with van der Waals surface area (Å²) in [6, 6.07) is -0.986. The molecule has 8 N–H and O–H groups in total. The Bertz CT molecular complexity index is 1280. The summed E-state index contributed by atoms with van der Waals surface area (Å²) in [5.41, 5.74) is 16.8. The second kappa shape index (κ2) is 13.2. The van der Waals surface area contributed by atoms with Gasteiger partial charge in [-0.25, -0.2) is 9.48 Å². The van der Waals surface area contributed by atoms with Crippen molar-refractivity contribution in [3.63, 3.8) is 0 Å². The molecule has 39 heavy (non-hydrogen) atoms. The molecule has 0 saturated carbocycles. The Morgan fingerprint density at radius 2 is 2.08 bits per heavy atom. The van der Waals surface area contributed by atoms with Gasteiger partial charge in [0.05, 0.1) is 0 Å². The predicted octanol–water partition coefficient (Wildman–Crippen LogP) is -1.94. The van der Waals surface area contributed by atoms with E-state index in [4.69, 9.17) is 22.0 Å². The van der Waals surface area contributed by atoms with Gasteiger partial charge in [-0.1, -0.05) is 16.9 Å². The Morgan fingerprint density at radius 1 is 1.28 bits per heavy atom. The number of thioether (sulfide) groups is 2. The zero-order valence-corrected chi connectivity index (χ0v) is 22.9. The van der Waals surface area contributed by atoms with Crippen LogP contribution in [-0.4, -0.2) is 106 Å². The SMILES string of the molecule is NCCCON=C(C(=O)NC1C(=O)N2C(C(=O)O)=C(CSc3nnnn3CCCN)CS[C@@H]12)c1nsc(N)n1. The quantitative estimate of drug-likeness (QED) is 0.0521. The lowest BCUT2D eigenvalue weighted by atomic mass is 10.0. The van der Waals surface area contributed by atoms with Crippen LogP contribution in [0.3, 0.4) is 0 Å². The fourth-order valence-electron chi connectivity index (χ4n) is 3.61. The van der Waals surface area contributed by atoms with Crippen molar-refractivity contribution >= 4 is 63.7 Å². The van der Waals surface area contributed by atoms with Gasteiger partial charge < -0.3 is 32.5 Å². The Kier molecular flexibility index (Phi) is 9.67. The molecule has 1 fully saturated rings. The number of nitrogens with two attached hydrogens (primary N) is 3. The van der Waals surface area contributed by atoms with E-state index in [1.807, 2.05) is 0 Å². The van der Waals surface area contributed by atoms with Crippen molar-refractivity contribution in [2.24, 2.45) is 16.6 Å². The third-order valence-electron chi connectivity index (χ3n) is 5.45. The van der Waals surface area contributed by atoms with Crippen LogP contribution in [0.15, 0.2) is 21.6 Å². The Labute approximate surface area is 234 Å². The molecule has 1 unspecified atom stereocenters.